The average Bonchev–Trinajstić information content (AvgIpc) is 2.43. The van der Waals surface area contributed by atoms with Gasteiger partial charge in [-0.05, 0) is 30.7 Å². The van der Waals surface area contributed by atoms with Crippen LogP contribution in [0.3, 0.4) is 0 Å². The summed E-state index contributed by atoms with van der Waals surface area (Å²) in [5.41, 5.74) is 7.69. The molecule has 1 heterocycles. The summed E-state index contributed by atoms with van der Waals surface area (Å²) < 4.78 is 5.16. The number of carbonyl (C=O) groups excluding carboxylic acids is 1. The highest BCUT2D eigenvalue weighted by Crippen LogP contribution is 2.23. The van der Waals surface area contributed by atoms with Crippen LogP contribution in [0.5, 0.6) is 5.75 Å². The van der Waals surface area contributed by atoms with Gasteiger partial charge >= 0.3 is 6.03 Å². The highest BCUT2D eigenvalue weighted by atomic mass is 16.5. The lowest BCUT2D eigenvalue weighted by Crippen LogP contribution is -2.20. The zero-order chi connectivity index (χ0) is 14.5. The molecule has 0 atom stereocenters. The Morgan fingerprint density at radius 1 is 1.30 bits per heavy atom. The molecule has 20 heavy (non-hydrogen) atoms. The van der Waals surface area contributed by atoms with Crippen molar-refractivity contribution in [3.63, 3.8) is 0 Å². The molecule has 0 bridgehead atoms. The number of benzene rings is 1. The van der Waals surface area contributed by atoms with Crippen LogP contribution in [0.15, 0.2) is 36.5 Å². The lowest BCUT2D eigenvalue weighted by Gasteiger charge is -2.11. The molecule has 0 fully saturated rings. The van der Waals surface area contributed by atoms with E-state index in [1.54, 1.807) is 25.3 Å². The average molecular weight is 272 g/mol. The molecule has 0 aliphatic rings. The number of urea groups is 1. The van der Waals surface area contributed by atoms with Crippen molar-refractivity contribution < 1.29 is 9.53 Å². The van der Waals surface area contributed by atoms with Crippen LogP contribution in [0.1, 0.15) is 5.56 Å². The quantitative estimate of drug-likeness (QED) is 0.801. The lowest BCUT2D eigenvalue weighted by atomic mass is 10.2. The number of pyridine rings is 1. The maximum Gasteiger partial charge on any atom is 0.324 e. The Hall–Kier alpha value is -2.76. The first kappa shape index (κ1) is 13.7. The molecule has 1 aromatic carbocycles. The van der Waals surface area contributed by atoms with E-state index in [4.69, 9.17) is 10.5 Å². The zero-order valence-electron chi connectivity index (χ0n) is 11.3. The van der Waals surface area contributed by atoms with E-state index in [1.807, 2.05) is 19.1 Å². The van der Waals surface area contributed by atoms with E-state index in [0.29, 0.717) is 22.9 Å². The summed E-state index contributed by atoms with van der Waals surface area (Å²) in [6.07, 6.45) is 1.51. The number of nitrogens with one attached hydrogen (secondary N) is 2. The van der Waals surface area contributed by atoms with E-state index in [1.165, 1.54) is 6.20 Å². The van der Waals surface area contributed by atoms with Crippen molar-refractivity contribution in [1.82, 2.24) is 4.98 Å². The second-order valence-corrected chi connectivity index (χ2v) is 4.21. The SMILES string of the molecule is COc1ccccc1NC(=O)Nc1cc(C)c(N)cn1. The number of hydrogen-bond acceptors (Lipinski definition) is 4. The molecule has 1 aromatic heterocycles. The predicted octanol–water partition coefficient (Wildman–Crippen LogP) is 2.62. The Labute approximate surface area is 117 Å². The molecule has 6 heteroatoms. The van der Waals surface area contributed by atoms with Crippen molar-refractivity contribution in [2.75, 3.05) is 23.5 Å². The minimum Gasteiger partial charge on any atom is -0.495 e. The summed E-state index contributed by atoms with van der Waals surface area (Å²) in [7, 11) is 1.54. The van der Waals surface area contributed by atoms with Gasteiger partial charge < -0.3 is 15.8 Å². The molecule has 0 saturated heterocycles. The third-order valence-corrected chi connectivity index (χ3v) is 2.75. The van der Waals surface area contributed by atoms with Crippen molar-refractivity contribution in [3.8, 4) is 5.75 Å². The summed E-state index contributed by atoms with van der Waals surface area (Å²) in [6.45, 7) is 1.85. The minimum atomic E-state index is -0.397. The summed E-state index contributed by atoms with van der Waals surface area (Å²) >= 11 is 0. The van der Waals surface area contributed by atoms with Crippen LogP contribution >= 0.6 is 0 Å². The number of nitrogens with zero attached hydrogens (tertiary/aromatic N) is 1. The second-order valence-electron chi connectivity index (χ2n) is 4.21. The van der Waals surface area contributed by atoms with Gasteiger partial charge in [-0.3, -0.25) is 5.32 Å². The molecule has 2 rings (SSSR count). The van der Waals surface area contributed by atoms with Crippen molar-refractivity contribution in [3.05, 3.63) is 42.1 Å². The normalized spacial score (nSPS) is 9.90. The Balaban J connectivity index is 2.07. The van der Waals surface area contributed by atoms with Crippen molar-refractivity contribution >= 4 is 23.2 Å². The van der Waals surface area contributed by atoms with Gasteiger partial charge in [-0.25, -0.2) is 9.78 Å². The molecule has 2 aromatic rings. The Kier molecular flexibility index (Phi) is 4.05. The lowest BCUT2D eigenvalue weighted by molar-refractivity contribution is 0.262. The van der Waals surface area contributed by atoms with Gasteiger partial charge in [0.05, 0.1) is 24.7 Å². The van der Waals surface area contributed by atoms with Crippen LogP contribution in [0.2, 0.25) is 0 Å². The van der Waals surface area contributed by atoms with E-state index in [-0.39, 0.29) is 0 Å². The number of carbonyl (C=O) groups is 1. The summed E-state index contributed by atoms with van der Waals surface area (Å²) in [6, 6.07) is 8.46. The Morgan fingerprint density at radius 3 is 2.75 bits per heavy atom. The summed E-state index contributed by atoms with van der Waals surface area (Å²) in [5.74, 6) is 1.02. The molecule has 0 aliphatic carbocycles. The molecular weight excluding hydrogens is 256 g/mol. The third kappa shape index (κ3) is 3.17. The van der Waals surface area contributed by atoms with E-state index in [0.717, 1.165) is 5.56 Å². The van der Waals surface area contributed by atoms with Crippen LogP contribution in [0.4, 0.5) is 22.0 Å². The molecule has 0 unspecified atom stereocenters. The molecule has 104 valence electrons. The van der Waals surface area contributed by atoms with Gasteiger partial charge in [0.15, 0.2) is 0 Å². The fraction of sp³-hybridized carbons (Fsp3) is 0.143. The van der Waals surface area contributed by atoms with Gasteiger partial charge in [0.25, 0.3) is 0 Å². The summed E-state index contributed by atoms with van der Waals surface area (Å²) in [5, 5.41) is 5.34. The molecule has 6 nitrogen and oxygen atoms in total. The number of anilines is 3. The number of hydrogen-bond donors (Lipinski definition) is 3. The molecule has 0 aliphatic heterocycles. The molecule has 0 spiro atoms. The first-order chi connectivity index (χ1) is 9.60. The summed E-state index contributed by atoms with van der Waals surface area (Å²) in [4.78, 5) is 15.9. The van der Waals surface area contributed by atoms with Gasteiger partial charge in [-0.2, -0.15) is 0 Å². The van der Waals surface area contributed by atoms with Gasteiger partial charge in [0, 0.05) is 0 Å². The van der Waals surface area contributed by atoms with E-state index >= 15 is 0 Å². The van der Waals surface area contributed by atoms with Crippen molar-refractivity contribution in [2.45, 2.75) is 6.92 Å². The number of aromatic nitrogens is 1. The molecule has 2 amide bonds. The molecule has 4 N–H and O–H groups in total. The van der Waals surface area contributed by atoms with Crippen LogP contribution in [0.25, 0.3) is 0 Å². The van der Waals surface area contributed by atoms with Gasteiger partial charge in [0.2, 0.25) is 0 Å². The smallest absolute Gasteiger partial charge is 0.324 e. The number of para-hydroxylation sites is 2. The van der Waals surface area contributed by atoms with Crippen LogP contribution in [-0.4, -0.2) is 18.1 Å². The molecule has 0 saturated carbocycles. The van der Waals surface area contributed by atoms with E-state index in [2.05, 4.69) is 15.6 Å². The van der Waals surface area contributed by atoms with Gasteiger partial charge in [-0.15, -0.1) is 0 Å². The van der Waals surface area contributed by atoms with Crippen molar-refractivity contribution in [2.24, 2.45) is 0 Å². The number of amides is 2. The Morgan fingerprint density at radius 2 is 2.05 bits per heavy atom. The van der Waals surface area contributed by atoms with Crippen LogP contribution in [0, 0.1) is 6.92 Å². The zero-order valence-corrected chi connectivity index (χ0v) is 11.3. The Bertz CT molecular complexity index is 628. The number of aryl methyl sites for hydroxylation is 1. The van der Waals surface area contributed by atoms with Crippen molar-refractivity contribution in [1.29, 1.82) is 0 Å². The minimum absolute atomic E-state index is 0.397. The molecular formula is C14H16N4O2. The monoisotopic (exact) mass is 272 g/mol. The van der Waals surface area contributed by atoms with Crippen LogP contribution in [-0.2, 0) is 0 Å². The van der Waals surface area contributed by atoms with Crippen LogP contribution < -0.4 is 21.1 Å². The molecule has 0 radical (unpaired) electrons. The van der Waals surface area contributed by atoms with Gasteiger partial charge in [-0.1, -0.05) is 12.1 Å². The maximum absolute atomic E-state index is 11.9. The highest BCUT2D eigenvalue weighted by molar-refractivity contribution is 6.00. The largest absolute Gasteiger partial charge is 0.495 e. The first-order valence-corrected chi connectivity index (χ1v) is 6.03. The topological polar surface area (TPSA) is 89.3 Å². The number of methoxy groups -OCH3 is 1. The maximum atomic E-state index is 11.9. The number of nitrogens with two attached hydrogens (primary N) is 1. The highest BCUT2D eigenvalue weighted by Gasteiger charge is 2.08. The van der Waals surface area contributed by atoms with E-state index < -0.39 is 6.03 Å². The third-order valence-electron chi connectivity index (χ3n) is 2.75. The second kappa shape index (κ2) is 5.92. The fourth-order valence-corrected chi connectivity index (χ4v) is 1.65. The van der Waals surface area contributed by atoms with Gasteiger partial charge in [0.1, 0.15) is 11.6 Å². The predicted molar refractivity (Wildman–Crippen MR) is 79.0 cm³/mol. The fourth-order valence-electron chi connectivity index (χ4n) is 1.65. The van der Waals surface area contributed by atoms with E-state index in [9.17, 15) is 4.79 Å². The number of rotatable bonds is 3. The first-order valence-electron chi connectivity index (χ1n) is 6.03. The standard InChI is InChI=1S/C14H16N4O2/c1-9-7-13(16-8-10(9)15)18-14(19)17-11-5-3-4-6-12(11)20-2/h3-8H,15H2,1-2H3,(H2,16,17,18,19). The number of nitrogen functional groups attached to an aromatic ring is 1. The number of ether oxygens (including phenoxy) is 1.